The standard InChI is InChI=1S/C18H14Cl2N2O/c1-2-11-23-17-12-21-22(16-6-4-3-5-15(16)20)18(17)13-7-9-14(19)10-8-13/h2-10,12H,1,11H2. The average molecular weight is 345 g/mol. The van der Waals surface area contributed by atoms with E-state index in [0.29, 0.717) is 22.4 Å². The Morgan fingerprint density at radius 2 is 1.83 bits per heavy atom. The molecule has 3 nitrogen and oxygen atoms in total. The summed E-state index contributed by atoms with van der Waals surface area (Å²) in [4.78, 5) is 0. The maximum absolute atomic E-state index is 6.32. The molecule has 0 aliphatic rings. The number of halogens is 2. The van der Waals surface area contributed by atoms with Crippen LogP contribution in [0, 0.1) is 0 Å². The summed E-state index contributed by atoms with van der Waals surface area (Å²) in [7, 11) is 0. The third-order valence-electron chi connectivity index (χ3n) is 3.29. The summed E-state index contributed by atoms with van der Waals surface area (Å²) in [6.45, 7) is 4.08. The Morgan fingerprint density at radius 1 is 1.09 bits per heavy atom. The quantitative estimate of drug-likeness (QED) is 0.578. The van der Waals surface area contributed by atoms with E-state index in [1.165, 1.54) is 0 Å². The van der Waals surface area contributed by atoms with Gasteiger partial charge in [-0.3, -0.25) is 0 Å². The van der Waals surface area contributed by atoms with E-state index in [1.54, 1.807) is 17.0 Å². The number of para-hydroxylation sites is 1. The minimum atomic E-state index is 0.398. The van der Waals surface area contributed by atoms with Crippen LogP contribution in [0.15, 0.2) is 67.4 Å². The topological polar surface area (TPSA) is 27.1 Å². The molecule has 0 aliphatic carbocycles. The van der Waals surface area contributed by atoms with Gasteiger partial charge in [-0.25, -0.2) is 4.68 Å². The van der Waals surface area contributed by atoms with E-state index in [4.69, 9.17) is 27.9 Å². The van der Waals surface area contributed by atoms with Gasteiger partial charge in [0.25, 0.3) is 0 Å². The van der Waals surface area contributed by atoms with Crippen LogP contribution in [-0.4, -0.2) is 16.4 Å². The highest BCUT2D eigenvalue weighted by Gasteiger charge is 2.17. The third kappa shape index (κ3) is 3.26. The maximum atomic E-state index is 6.32. The van der Waals surface area contributed by atoms with Crippen molar-refractivity contribution >= 4 is 23.2 Å². The van der Waals surface area contributed by atoms with Crippen molar-refractivity contribution in [3.05, 3.63) is 77.4 Å². The molecule has 1 aromatic heterocycles. The van der Waals surface area contributed by atoms with Crippen molar-refractivity contribution in [3.8, 4) is 22.7 Å². The molecule has 0 unspecified atom stereocenters. The van der Waals surface area contributed by atoms with Gasteiger partial charge in [0.1, 0.15) is 12.3 Å². The Morgan fingerprint density at radius 3 is 2.52 bits per heavy atom. The molecule has 23 heavy (non-hydrogen) atoms. The second-order valence-corrected chi connectivity index (χ2v) is 5.67. The van der Waals surface area contributed by atoms with Crippen molar-refractivity contribution in [1.82, 2.24) is 9.78 Å². The van der Waals surface area contributed by atoms with E-state index in [1.807, 2.05) is 48.5 Å². The Kier molecular flexibility index (Phi) is 4.70. The first kappa shape index (κ1) is 15.7. The van der Waals surface area contributed by atoms with Gasteiger partial charge in [0.15, 0.2) is 5.75 Å². The van der Waals surface area contributed by atoms with Crippen molar-refractivity contribution in [2.75, 3.05) is 6.61 Å². The van der Waals surface area contributed by atoms with Crippen molar-refractivity contribution < 1.29 is 4.74 Å². The number of hydrogen-bond donors (Lipinski definition) is 0. The Balaban J connectivity index is 2.17. The fourth-order valence-electron chi connectivity index (χ4n) is 2.27. The molecule has 0 fully saturated rings. The molecule has 1 heterocycles. The molecule has 0 aliphatic heterocycles. The van der Waals surface area contributed by atoms with Crippen LogP contribution in [0.1, 0.15) is 0 Å². The van der Waals surface area contributed by atoms with Crippen LogP contribution in [0.2, 0.25) is 10.0 Å². The fraction of sp³-hybridized carbons (Fsp3) is 0.0556. The molecule has 3 rings (SSSR count). The van der Waals surface area contributed by atoms with Crippen LogP contribution in [-0.2, 0) is 0 Å². The second kappa shape index (κ2) is 6.90. The first-order chi connectivity index (χ1) is 11.2. The van der Waals surface area contributed by atoms with Crippen molar-refractivity contribution in [2.45, 2.75) is 0 Å². The largest absolute Gasteiger partial charge is 0.486 e. The van der Waals surface area contributed by atoms with Gasteiger partial charge in [-0.1, -0.05) is 60.1 Å². The summed E-state index contributed by atoms with van der Waals surface area (Å²) in [5, 5.41) is 5.72. The van der Waals surface area contributed by atoms with Gasteiger partial charge in [0, 0.05) is 10.6 Å². The predicted molar refractivity (Wildman–Crippen MR) is 94.7 cm³/mol. The average Bonchev–Trinajstić information content (AvgIpc) is 2.98. The molecule has 116 valence electrons. The summed E-state index contributed by atoms with van der Waals surface area (Å²) >= 11 is 12.3. The van der Waals surface area contributed by atoms with Crippen molar-refractivity contribution in [3.63, 3.8) is 0 Å². The monoisotopic (exact) mass is 344 g/mol. The van der Waals surface area contributed by atoms with E-state index in [9.17, 15) is 0 Å². The van der Waals surface area contributed by atoms with E-state index < -0.39 is 0 Å². The van der Waals surface area contributed by atoms with E-state index in [2.05, 4.69) is 11.7 Å². The van der Waals surface area contributed by atoms with Gasteiger partial charge in [-0.2, -0.15) is 5.10 Å². The lowest BCUT2D eigenvalue weighted by molar-refractivity contribution is 0.364. The molecule has 3 aromatic rings. The Bertz CT molecular complexity index is 825. The second-order valence-electron chi connectivity index (χ2n) is 4.83. The highest BCUT2D eigenvalue weighted by atomic mass is 35.5. The van der Waals surface area contributed by atoms with Gasteiger partial charge in [-0.15, -0.1) is 0 Å². The smallest absolute Gasteiger partial charge is 0.166 e. The number of ether oxygens (including phenoxy) is 1. The molecule has 0 saturated carbocycles. The zero-order chi connectivity index (χ0) is 16.2. The lowest BCUT2D eigenvalue weighted by Crippen LogP contribution is -2.01. The first-order valence-corrected chi connectivity index (χ1v) is 7.79. The highest BCUT2D eigenvalue weighted by molar-refractivity contribution is 6.32. The fourth-order valence-corrected chi connectivity index (χ4v) is 2.61. The SMILES string of the molecule is C=CCOc1cnn(-c2ccccc2Cl)c1-c1ccc(Cl)cc1. The summed E-state index contributed by atoms with van der Waals surface area (Å²) in [6, 6.07) is 15.0. The molecule has 0 N–H and O–H groups in total. The molecule has 0 radical (unpaired) electrons. The lowest BCUT2D eigenvalue weighted by atomic mass is 10.1. The first-order valence-electron chi connectivity index (χ1n) is 7.03. The van der Waals surface area contributed by atoms with Gasteiger partial charge < -0.3 is 4.74 Å². The minimum Gasteiger partial charge on any atom is -0.486 e. The number of nitrogens with zero attached hydrogens (tertiary/aromatic N) is 2. The summed E-state index contributed by atoms with van der Waals surface area (Å²) in [5.74, 6) is 0.659. The lowest BCUT2D eigenvalue weighted by Gasteiger charge is -2.11. The van der Waals surface area contributed by atoms with Crippen LogP contribution >= 0.6 is 23.2 Å². The Labute approximate surface area is 144 Å². The third-order valence-corrected chi connectivity index (χ3v) is 3.86. The maximum Gasteiger partial charge on any atom is 0.166 e. The van der Waals surface area contributed by atoms with E-state index >= 15 is 0 Å². The van der Waals surface area contributed by atoms with E-state index in [0.717, 1.165) is 16.9 Å². The molecular weight excluding hydrogens is 331 g/mol. The number of aromatic nitrogens is 2. The summed E-state index contributed by atoms with van der Waals surface area (Å²) in [5.41, 5.74) is 2.54. The number of benzene rings is 2. The minimum absolute atomic E-state index is 0.398. The molecule has 0 atom stereocenters. The molecule has 0 spiro atoms. The van der Waals surface area contributed by atoms with Crippen LogP contribution in [0.5, 0.6) is 5.75 Å². The van der Waals surface area contributed by atoms with Crippen LogP contribution in [0.3, 0.4) is 0 Å². The van der Waals surface area contributed by atoms with Gasteiger partial charge >= 0.3 is 0 Å². The van der Waals surface area contributed by atoms with Crippen molar-refractivity contribution in [1.29, 1.82) is 0 Å². The van der Waals surface area contributed by atoms with Gasteiger partial charge in [-0.05, 0) is 24.3 Å². The summed E-state index contributed by atoms with van der Waals surface area (Å²) in [6.07, 6.45) is 3.37. The summed E-state index contributed by atoms with van der Waals surface area (Å²) < 4.78 is 7.50. The number of rotatable bonds is 5. The van der Waals surface area contributed by atoms with Crippen molar-refractivity contribution in [2.24, 2.45) is 0 Å². The van der Waals surface area contributed by atoms with E-state index in [-0.39, 0.29) is 0 Å². The Hall–Kier alpha value is -2.23. The molecule has 0 bridgehead atoms. The van der Waals surface area contributed by atoms with Crippen LogP contribution in [0.25, 0.3) is 16.9 Å². The zero-order valence-electron chi connectivity index (χ0n) is 12.2. The molecule has 5 heteroatoms. The molecular formula is C18H14Cl2N2O. The predicted octanol–water partition coefficient (Wildman–Crippen LogP) is 5.41. The zero-order valence-corrected chi connectivity index (χ0v) is 13.8. The van der Waals surface area contributed by atoms with Crippen LogP contribution in [0.4, 0.5) is 0 Å². The molecule has 0 amide bonds. The van der Waals surface area contributed by atoms with Crippen LogP contribution < -0.4 is 4.74 Å². The normalized spacial score (nSPS) is 10.5. The van der Waals surface area contributed by atoms with Gasteiger partial charge in [0.2, 0.25) is 0 Å². The molecule has 2 aromatic carbocycles. The molecule has 0 saturated heterocycles. The van der Waals surface area contributed by atoms with Gasteiger partial charge in [0.05, 0.1) is 16.9 Å². The number of hydrogen-bond acceptors (Lipinski definition) is 2. The highest BCUT2D eigenvalue weighted by Crippen LogP contribution is 2.34.